The minimum atomic E-state index is -0.550. The minimum absolute atomic E-state index is 0.0288. The monoisotopic (exact) mass is 307 g/mol. The fourth-order valence-electron chi connectivity index (χ4n) is 2.34. The third kappa shape index (κ3) is 4.37. The number of aliphatic hydroxyl groups is 1. The van der Waals surface area contributed by atoms with Gasteiger partial charge in [-0.2, -0.15) is 0 Å². The van der Waals surface area contributed by atoms with Crippen molar-refractivity contribution in [2.45, 2.75) is 45.6 Å². The van der Waals surface area contributed by atoms with E-state index in [1.807, 2.05) is 32.9 Å². The van der Waals surface area contributed by atoms with Gasteiger partial charge in [0.1, 0.15) is 11.4 Å². The van der Waals surface area contributed by atoms with Gasteiger partial charge in [0.15, 0.2) is 0 Å². The Bertz CT molecular complexity index is 544. The molecule has 1 aliphatic rings. The summed E-state index contributed by atoms with van der Waals surface area (Å²) in [6.45, 7) is 5.64. The standard InChI is InChI=1S/C17H25NO4/c1-16(2,3)22-15(20)18-14-9-13(21-4)6-5-12(14)10-17(11-19)7-8-17/h5-6,9,19H,7-8,10-11H2,1-4H3,(H,18,20). The van der Waals surface area contributed by atoms with Gasteiger partial charge in [0.05, 0.1) is 12.8 Å². The molecule has 22 heavy (non-hydrogen) atoms. The first kappa shape index (κ1) is 16.6. The van der Waals surface area contributed by atoms with Crippen molar-refractivity contribution >= 4 is 11.8 Å². The first-order valence-electron chi connectivity index (χ1n) is 7.55. The van der Waals surface area contributed by atoms with Gasteiger partial charge >= 0.3 is 6.09 Å². The van der Waals surface area contributed by atoms with Crippen LogP contribution in [0.25, 0.3) is 0 Å². The van der Waals surface area contributed by atoms with Crippen molar-refractivity contribution in [2.24, 2.45) is 5.41 Å². The van der Waals surface area contributed by atoms with E-state index in [1.54, 1.807) is 13.2 Å². The fraction of sp³-hybridized carbons (Fsp3) is 0.588. The highest BCUT2D eigenvalue weighted by atomic mass is 16.6. The van der Waals surface area contributed by atoms with Gasteiger partial charge in [-0.1, -0.05) is 6.07 Å². The molecular formula is C17H25NO4. The van der Waals surface area contributed by atoms with Gasteiger partial charge < -0.3 is 14.6 Å². The first-order chi connectivity index (χ1) is 10.3. The summed E-state index contributed by atoms with van der Waals surface area (Å²) in [7, 11) is 1.59. The van der Waals surface area contributed by atoms with E-state index in [0.717, 1.165) is 24.8 Å². The summed E-state index contributed by atoms with van der Waals surface area (Å²) in [5.41, 5.74) is 1.08. The summed E-state index contributed by atoms with van der Waals surface area (Å²) < 4.78 is 10.5. The van der Waals surface area contributed by atoms with Crippen LogP contribution >= 0.6 is 0 Å². The molecule has 1 aromatic rings. The number of aliphatic hydroxyl groups excluding tert-OH is 1. The highest BCUT2D eigenvalue weighted by Crippen LogP contribution is 2.48. The second-order valence-electron chi connectivity index (χ2n) is 6.98. The molecule has 1 aliphatic carbocycles. The third-order valence-electron chi connectivity index (χ3n) is 3.81. The molecule has 1 amide bonds. The van der Waals surface area contributed by atoms with E-state index in [9.17, 15) is 9.90 Å². The predicted molar refractivity (Wildman–Crippen MR) is 85.3 cm³/mol. The Morgan fingerprint density at radius 3 is 2.55 bits per heavy atom. The van der Waals surface area contributed by atoms with Gasteiger partial charge in [0.2, 0.25) is 0 Å². The Hall–Kier alpha value is -1.75. The summed E-state index contributed by atoms with van der Waals surface area (Å²) in [4.78, 5) is 12.0. The second kappa shape index (κ2) is 6.16. The number of amides is 1. The summed E-state index contributed by atoms with van der Waals surface area (Å²) in [6, 6.07) is 5.58. The van der Waals surface area contributed by atoms with Gasteiger partial charge in [0.25, 0.3) is 0 Å². The van der Waals surface area contributed by atoms with Crippen molar-refractivity contribution < 1.29 is 19.4 Å². The molecule has 1 fully saturated rings. The van der Waals surface area contributed by atoms with Crippen molar-refractivity contribution in [2.75, 3.05) is 19.0 Å². The molecular weight excluding hydrogens is 282 g/mol. The second-order valence-corrected chi connectivity index (χ2v) is 6.98. The lowest BCUT2D eigenvalue weighted by molar-refractivity contribution is 0.0635. The molecule has 5 nitrogen and oxygen atoms in total. The molecule has 0 aliphatic heterocycles. The maximum Gasteiger partial charge on any atom is 0.412 e. The van der Waals surface area contributed by atoms with Crippen molar-refractivity contribution in [3.05, 3.63) is 23.8 Å². The predicted octanol–water partition coefficient (Wildman–Crippen LogP) is 3.36. The Morgan fingerprint density at radius 2 is 2.05 bits per heavy atom. The molecule has 0 saturated heterocycles. The number of hydrogen-bond donors (Lipinski definition) is 2. The normalized spacial score (nSPS) is 16.0. The summed E-state index contributed by atoms with van der Waals surface area (Å²) in [5, 5.41) is 12.3. The van der Waals surface area contributed by atoms with Crippen LogP contribution < -0.4 is 10.1 Å². The van der Waals surface area contributed by atoms with Crippen molar-refractivity contribution in [1.29, 1.82) is 0 Å². The zero-order valence-electron chi connectivity index (χ0n) is 13.7. The van der Waals surface area contributed by atoms with Crippen LogP contribution in [0.15, 0.2) is 18.2 Å². The highest BCUT2D eigenvalue weighted by Gasteiger charge is 2.42. The maximum atomic E-state index is 12.0. The smallest absolute Gasteiger partial charge is 0.412 e. The van der Waals surface area contributed by atoms with E-state index < -0.39 is 11.7 Å². The Kier molecular flexibility index (Phi) is 4.66. The Labute approximate surface area is 131 Å². The van der Waals surface area contributed by atoms with E-state index in [4.69, 9.17) is 9.47 Å². The summed E-state index contributed by atoms with van der Waals surface area (Å²) >= 11 is 0. The van der Waals surface area contributed by atoms with Crippen LogP contribution in [-0.4, -0.2) is 30.5 Å². The van der Waals surface area contributed by atoms with Crippen molar-refractivity contribution in [3.8, 4) is 5.75 Å². The molecule has 1 aromatic carbocycles. The van der Waals surface area contributed by atoms with Crippen LogP contribution in [0.3, 0.4) is 0 Å². The number of benzene rings is 1. The summed E-state index contributed by atoms with van der Waals surface area (Å²) in [5.74, 6) is 0.670. The van der Waals surface area contributed by atoms with E-state index in [-0.39, 0.29) is 12.0 Å². The highest BCUT2D eigenvalue weighted by molar-refractivity contribution is 5.86. The van der Waals surface area contributed by atoms with Crippen LogP contribution in [0.4, 0.5) is 10.5 Å². The molecule has 0 aromatic heterocycles. The van der Waals surface area contributed by atoms with Crippen LogP contribution in [-0.2, 0) is 11.2 Å². The van der Waals surface area contributed by atoms with E-state index >= 15 is 0 Å². The van der Waals surface area contributed by atoms with Crippen LogP contribution in [0.1, 0.15) is 39.2 Å². The number of nitrogens with one attached hydrogen (secondary N) is 1. The minimum Gasteiger partial charge on any atom is -0.497 e. The molecule has 0 atom stereocenters. The molecule has 0 radical (unpaired) electrons. The molecule has 0 spiro atoms. The quantitative estimate of drug-likeness (QED) is 0.875. The topological polar surface area (TPSA) is 67.8 Å². The van der Waals surface area contributed by atoms with Gasteiger partial charge in [-0.05, 0) is 57.1 Å². The number of carbonyl (C=O) groups is 1. The molecule has 0 heterocycles. The Morgan fingerprint density at radius 1 is 1.36 bits per heavy atom. The molecule has 2 rings (SSSR count). The molecule has 5 heteroatoms. The molecule has 1 saturated carbocycles. The zero-order chi connectivity index (χ0) is 16.4. The van der Waals surface area contributed by atoms with E-state index in [2.05, 4.69) is 5.32 Å². The van der Waals surface area contributed by atoms with Crippen LogP contribution in [0.2, 0.25) is 0 Å². The molecule has 2 N–H and O–H groups in total. The Balaban J connectivity index is 2.17. The van der Waals surface area contributed by atoms with Gasteiger partial charge in [-0.3, -0.25) is 5.32 Å². The number of hydrogen-bond acceptors (Lipinski definition) is 4. The molecule has 0 bridgehead atoms. The average Bonchev–Trinajstić information content (AvgIpc) is 3.19. The van der Waals surface area contributed by atoms with Crippen molar-refractivity contribution in [3.63, 3.8) is 0 Å². The lowest BCUT2D eigenvalue weighted by Crippen LogP contribution is -2.27. The number of anilines is 1. The summed E-state index contributed by atoms with van der Waals surface area (Å²) in [6.07, 6.45) is 2.28. The number of ether oxygens (including phenoxy) is 2. The average molecular weight is 307 g/mol. The lowest BCUT2D eigenvalue weighted by atomic mass is 9.96. The molecule has 122 valence electrons. The van der Waals surface area contributed by atoms with E-state index in [0.29, 0.717) is 11.4 Å². The SMILES string of the molecule is COc1ccc(CC2(CO)CC2)c(NC(=O)OC(C)(C)C)c1. The first-order valence-corrected chi connectivity index (χ1v) is 7.55. The number of rotatable bonds is 5. The largest absolute Gasteiger partial charge is 0.497 e. The lowest BCUT2D eigenvalue weighted by Gasteiger charge is -2.21. The van der Waals surface area contributed by atoms with Gasteiger partial charge in [-0.15, -0.1) is 0 Å². The third-order valence-corrected chi connectivity index (χ3v) is 3.81. The maximum absolute atomic E-state index is 12.0. The molecule has 0 unspecified atom stereocenters. The van der Waals surface area contributed by atoms with Crippen molar-refractivity contribution in [1.82, 2.24) is 0 Å². The van der Waals surface area contributed by atoms with E-state index in [1.165, 1.54) is 0 Å². The van der Waals surface area contributed by atoms with Crippen LogP contribution in [0.5, 0.6) is 5.75 Å². The number of methoxy groups -OCH3 is 1. The fourth-order valence-corrected chi connectivity index (χ4v) is 2.34. The van der Waals surface area contributed by atoms with Gasteiger partial charge in [-0.25, -0.2) is 4.79 Å². The zero-order valence-corrected chi connectivity index (χ0v) is 13.7. The van der Waals surface area contributed by atoms with Crippen LogP contribution in [0, 0.1) is 5.41 Å². The van der Waals surface area contributed by atoms with Gasteiger partial charge in [0, 0.05) is 12.7 Å². The number of carbonyl (C=O) groups excluding carboxylic acids is 1.